The Morgan fingerprint density at radius 3 is 2.53 bits per heavy atom. The first-order valence-corrected chi connectivity index (χ1v) is 6.83. The van der Waals surface area contributed by atoms with E-state index in [-0.39, 0.29) is 0 Å². The summed E-state index contributed by atoms with van der Waals surface area (Å²) < 4.78 is 2.32. The molecule has 0 aliphatic heterocycles. The third-order valence-corrected chi connectivity index (χ3v) is 4.99. The highest BCUT2D eigenvalue weighted by molar-refractivity contribution is 9.09. The molecule has 0 amide bonds. The van der Waals surface area contributed by atoms with E-state index in [1.54, 1.807) is 0 Å². The minimum absolute atomic E-state index is 0.484. The van der Waals surface area contributed by atoms with Crippen LogP contribution >= 0.6 is 15.9 Å². The van der Waals surface area contributed by atoms with Gasteiger partial charge in [-0.1, -0.05) is 28.8 Å². The Balaban J connectivity index is 2.16. The lowest BCUT2D eigenvalue weighted by molar-refractivity contribution is 0.289. The molecule has 1 aliphatic rings. The minimum Gasteiger partial charge on any atom is -0.334 e. The Kier molecular flexibility index (Phi) is 3.19. The number of hydrogen-bond acceptors (Lipinski definition) is 1. The van der Waals surface area contributed by atoms with Crippen LogP contribution in [0.2, 0.25) is 0 Å². The van der Waals surface area contributed by atoms with Gasteiger partial charge in [-0.15, -0.1) is 0 Å². The zero-order valence-corrected chi connectivity index (χ0v) is 11.2. The van der Waals surface area contributed by atoms with Crippen molar-refractivity contribution >= 4 is 15.9 Å². The van der Waals surface area contributed by atoms with Crippen LogP contribution in [0.3, 0.4) is 0 Å². The maximum Gasteiger partial charge on any atom is 0.0951 e. The number of nitrogens with zero attached hydrogens (tertiary/aromatic N) is 2. The van der Waals surface area contributed by atoms with Crippen molar-refractivity contribution < 1.29 is 0 Å². The SMILES string of the molecule is Cc1ncn(CC2(CBr)CCCC2)c1C. The maximum atomic E-state index is 4.37. The van der Waals surface area contributed by atoms with Gasteiger partial charge in [0.1, 0.15) is 0 Å². The number of aromatic nitrogens is 2. The molecule has 0 saturated heterocycles. The van der Waals surface area contributed by atoms with E-state index in [4.69, 9.17) is 0 Å². The monoisotopic (exact) mass is 270 g/mol. The van der Waals surface area contributed by atoms with Gasteiger partial charge in [-0.25, -0.2) is 4.98 Å². The summed E-state index contributed by atoms with van der Waals surface area (Å²) in [6.45, 7) is 5.38. The van der Waals surface area contributed by atoms with Crippen molar-refractivity contribution in [2.24, 2.45) is 5.41 Å². The van der Waals surface area contributed by atoms with Crippen molar-refractivity contribution in [3.05, 3.63) is 17.7 Å². The Morgan fingerprint density at radius 2 is 2.07 bits per heavy atom. The average molecular weight is 271 g/mol. The van der Waals surface area contributed by atoms with Crippen LogP contribution in [0.15, 0.2) is 6.33 Å². The molecule has 3 heteroatoms. The Labute approximate surface area is 100 Å². The van der Waals surface area contributed by atoms with Crippen molar-refractivity contribution in [2.75, 3.05) is 5.33 Å². The molecule has 0 bridgehead atoms. The molecule has 1 aliphatic carbocycles. The zero-order chi connectivity index (χ0) is 10.9. The highest BCUT2D eigenvalue weighted by Crippen LogP contribution is 2.41. The molecule has 2 nitrogen and oxygen atoms in total. The summed E-state index contributed by atoms with van der Waals surface area (Å²) in [5.74, 6) is 0. The fraction of sp³-hybridized carbons (Fsp3) is 0.750. The zero-order valence-electron chi connectivity index (χ0n) is 9.59. The highest BCUT2D eigenvalue weighted by Gasteiger charge is 2.33. The molecule has 1 fully saturated rings. The number of halogens is 1. The molecule has 0 unspecified atom stereocenters. The summed E-state index contributed by atoms with van der Waals surface area (Å²) in [5, 5.41) is 1.12. The lowest BCUT2D eigenvalue weighted by Gasteiger charge is -2.27. The van der Waals surface area contributed by atoms with Gasteiger partial charge in [0.2, 0.25) is 0 Å². The van der Waals surface area contributed by atoms with Gasteiger partial charge in [0.25, 0.3) is 0 Å². The summed E-state index contributed by atoms with van der Waals surface area (Å²) in [6.07, 6.45) is 7.48. The summed E-state index contributed by atoms with van der Waals surface area (Å²) >= 11 is 3.69. The fourth-order valence-corrected chi connectivity index (χ4v) is 3.26. The molecule has 0 radical (unpaired) electrons. The van der Waals surface area contributed by atoms with Gasteiger partial charge in [0.15, 0.2) is 0 Å². The van der Waals surface area contributed by atoms with Crippen molar-refractivity contribution in [3.8, 4) is 0 Å². The molecule has 1 aromatic heterocycles. The predicted octanol–water partition coefficient (Wildman–Crippen LogP) is 3.46. The van der Waals surface area contributed by atoms with E-state index < -0.39 is 0 Å². The van der Waals surface area contributed by atoms with Gasteiger partial charge in [-0.3, -0.25) is 0 Å². The van der Waals surface area contributed by atoms with Crippen LogP contribution in [0, 0.1) is 19.3 Å². The molecule has 15 heavy (non-hydrogen) atoms. The first-order chi connectivity index (χ1) is 7.17. The second-order valence-electron chi connectivity index (χ2n) is 4.88. The number of rotatable bonds is 3. The molecule has 0 N–H and O–H groups in total. The van der Waals surface area contributed by atoms with Crippen LogP contribution in [0.5, 0.6) is 0 Å². The number of imidazole rings is 1. The van der Waals surface area contributed by atoms with Crippen LogP contribution in [-0.4, -0.2) is 14.9 Å². The smallest absolute Gasteiger partial charge is 0.0951 e. The van der Waals surface area contributed by atoms with Gasteiger partial charge in [0.05, 0.1) is 12.0 Å². The first kappa shape index (κ1) is 11.2. The normalized spacial score (nSPS) is 19.7. The summed E-state index contributed by atoms with van der Waals surface area (Å²) in [4.78, 5) is 4.37. The summed E-state index contributed by atoms with van der Waals surface area (Å²) in [5.41, 5.74) is 2.97. The minimum atomic E-state index is 0.484. The first-order valence-electron chi connectivity index (χ1n) is 5.71. The highest BCUT2D eigenvalue weighted by atomic mass is 79.9. The molecule has 0 atom stereocenters. The van der Waals surface area contributed by atoms with Gasteiger partial charge < -0.3 is 4.57 Å². The lowest BCUT2D eigenvalue weighted by Crippen LogP contribution is -2.25. The topological polar surface area (TPSA) is 17.8 Å². The molecule has 0 aromatic carbocycles. The number of hydrogen-bond donors (Lipinski definition) is 0. The molecular weight excluding hydrogens is 252 g/mol. The predicted molar refractivity (Wildman–Crippen MR) is 66.4 cm³/mol. The summed E-state index contributed by atoms with van der Waals surface area (Å²) in [6, 6.07) is 0. The molecular formula is C12H19BrN2. The molecule has 1 saturated carbocycles. The number of aryl methyl sites for hydroxylation is 1. The van der Waals surface area contributed by atoms with E-state index in [1.807, 2.05) is 6.33 Å². The third kappa shape index (κ3) is 2.12. The second-order valence-corrected chi connectivity index (χ2v) is 5.44. The maximum absolute atomic E-state index is 4.37. The van der Waals surface area contributed by atoms with E-state index >= 15 is 0 Å². The largest absolute Gasteiger partial charge is 0.334 e. The van der Waals surface area contributed by atoms with Gasteiger partial charge in [-0.05, 0) is 32.1 Å². The third-order valence-electron chi connectivity index (χ3n) is 3.80. The lowest BCUT2D eigenvalue weighted by atomic mass is 9.88. The summed E-state index contributed by atoms with van der Waals surface area (Å²) in [7, 11) is 0. The van der Waals surface area contributed by atoms with Crippen LogP contribution in [0.4, 0.5) is 0 Å². The van der Waals surface area contributed by atoms with Crippen LogP contribution in [-0.2, 0) is 6.54 Å². The van der Waals surface area contributed by atoms with E-state index in [0.29, 0.717) is 5.41 Å². The second kappa shape index (κ2) is 4.28. The van der Waals surface area contributed by atoms with Crippen molar-refractivity contribution in [1.82, 2.24) is 9.55 Å². The molecule has 0 spiro atoms. The molecule has 1 aromatic rings. The van der Waals surface area contributed by atoms with Crippen LogP contribution < -0.4 is 0 Å². The standard InChI is InChI=1S/C12H19BrN2/c1-10-11(2)15(9-14-10)8-12(7-13)5-3-4-6-12/h9H,3-8H2,1-2H3. The average Bonchev–Trinajstić information content (AvgIpc) is 2.82. The molecule has 2 rings (SSSR count). The van der Waals surface area contributed by atoms with Crippen LogP contribution in [0.25, 0.3) is 0 Å². The van der Waals surface area contributed by atoms with Crippen molar-refractivity contribution in [3.63, 3.8) is 0 Å². The van der Waals surface area contributed by atoms with E-state index in [1.165, 1.54) is 31.4 Å². The van der Waals surface area contributed by atoms with Gasteiger partial charge >= 0.3 is 0 Å². The van der Waals surface area contributed by atoms with E-state index in [0.717, 1.165) is 17.6 Å². The Bertz CT molecular complexity index is 337. The molecule has 1 heterocycles. The van der Waals surface area contributed by atoms with Crippen molar-refractivity contribution in [1.29, 1.82) is 0 Å². The van der Waals surface area contributed by atoms with E-state index in [9.17, 15) is 0 Å². The Hall–Kier alpha value is -0.310. The number of alkyl halides is 1. The molecule has 84 valence electrons. The van der Waals surface area contributed by atoms with Gasteiger partial charge in [-0.2, -0.15) is 0 Å². The Morgan fingerprint density at radius 1 is 1.40 bits per heavy atom. The van der Waals surface area contributed by atoms with E-state index in [2.05, 4.69) is 39.3 Å². The van der Waals surface area contributed by atoms with Crippen LogP contribution in [0.1, 0.15) is 37.1 Å². The van der Waals surface area contributed by atoms with Gasteiger partial charge in [0, 0.05) is 17.6 Å². The quantitative estimate of drug-likeness (QED) is 0.770. The fourth-order valence-electron chi connectivity index (χ4n) is 2.52. The van der Waals surface area contributed by atoms with Crippen molar-refractivity contribution in [2.45, 2.75) is 46.1 Å².